The van der Waals surface area contributed by atoms with Crippen LogP contribution < -0.4 is 10.6 Å². The fourth-order valence-corrected chi connectivity index (χ4v) is 2.44. The van der Waals surface area contributed by atoms with Crippen LogP contribution in [0.4, 0.5) is 5.69 Å². The number of amides is 1. The Kier molecular flexibility index (Phi) is 4.02. The maximum Gasteiger partial charge on any atom is 0.229 e. The second-order valence-corrected chi connectivity index (χ2v) is 5.24. The molecule has 0 aliphatic heterocycles. The highest BCUT2D eigenvalue weighted by molar-refractivity contribution is 5.95. The minimum atomic E-state index is 0.125. The van der Waals surface area contributed by atoms with Gasteiger partial charge in [-0.3, -0.25) is 4.79 Å². The Bertz CT molecular complexity index is 407. The van der Waals surface area contributed by atoms with Gasteiger partial charge in [-0.1, -0.05) is 25.5 Å². The van der Waals surface area contributed by atoms with Crippen molar-refractivity contribution in [2.45, 2.75) is 38.6 Å². The van der Waals surface area contributed by atoms with Gasteiger partial charge in [-0.2, -0.15) is 0 Å². The Hall–Kier alpha value is -1.35. The van der Waals surface area contributed by atoms with Crippen LogP contribution in [0.15, 0.2) is 24.3 Å². The number of hydrogen-bond donors (Lipinski definition) is 1. The van der Waals surface area contributed by atoms with Crippen molar-refractivity contribution < 1.29 is 4.79 Å². The third-order valence-corrected chi connectivity index (χ3v) is 3.72. The van der Waals surface area contributed by atoms with E-state index in [0.29, 0.717) is 0 Å². The maximum absolute atomic E-state index is 12.2. The van der Waals surface area contributed by atoms with Gasteiger partial charge in [0, 0.05) is 24.7 Å². The number of hydrogen-bond acceptors (Lipinski definition) is 2. The van der Waals surface area contributed by atoms with Gasteiger partial charge in [0.1, 0.15) is 0 Å². The summed E-state index contributed by atoms with van der Waals surface area (Å²) < 4.78 is 0. The maximum atomic E-state index is 12.2. The van der Waals surface area contributed by atoms with Crippen LogP contribution in [0, 0.1) is 5.92 Å². The predicted molar refractivity (Wildman–Crippen MR) is 74.5 cm³/mol. The van der Waals surface area contributed by atoms with E-state index in [1.165, 1.54) is 5.56 Å². The number of nitrogens with zero attached hydrogens (tertiary/aromatic N) is 1. The molecule has 2 rings (SSSR count). The molecule has 0 saturated heterocycles. The van der Waals surface area contributed by atoms with Crippen LogP contribution in [-0.2, 0) is 11.2 Å². The monoisotopic (exact) mass is 246 g/mol. The van der Waals surface area contributed by atoms with Gasteiger partial charge in [0.05, 0.1) is 0 Å². The summed E-state index contributed by atoms with van der Waals surface area (Å²) in [7, 11) is 1.85. The highest BCUT2D eigenvalue weighted by Crippen LogP contribution is 2.29. The van der Waals surface area contributed by atoms with Gasteiger partial charge in [-0.25, -0.2) is 0 Å². The molecule has 1 aromatic carbocycles. The third kappa shape index (κ3) is 2.72. The number of aryl methyl sites for hydroxylation is 1. The quantitative estimate of drug-likeness (QED) is 0.886. The standard InChI is InChI=1S/C15H22N2O/c1-3-4-11-5-7-14(8-6-11)17(2)15(18)12-9-13(16)10-12/h5-8,12-13H,3-4,9-10,16H2,1-2H3. The van der Waals surface area contributed by atoms with Crippen molar-refractivity contribution in [2.24, 2.45) is 11.7 Å². The van der Waals surface area contributed by atoms with Gasteiger partial charge < -0.3 is 10.6 Å². The number of anilines is 1. The molecular weight excluding hydrogens is 224 g/mol. The molecule has 0 aromatic heterocycles. The molecule has 0 atom stereocenters. The summed E-state index contributed by atoms with van der Waals surface area (Å²) in [5.41, 5.74) is 8.03. The number of carbonyl (C=O) groups is 1. The molecule has 1 aromatic rings. The smallest absolute Gasteiger partial charge is 0.229 e. The zero-order valence-corrected chi connectivity index (χ0v) is 11.2. The molecule has 98 valence electrons. The molecule has 1 aliphatic rings. The van der Waals surface area contributed by atoms with Gasteiger partial charge in [0.15, 0.2) is 0 Å². The molecule has 1 amide bonds. The molecular formula is C15H22N2O. The van der Waals surface area contributed by atoms with Gasteiger partial charge >= 0.3 is 0 Å². The van der Waals surface area contributed by atoms with Gasteiger partial charge in [0.2, 0.25) is 5.91 Å². The summed E-state index contributed by atoms with van der Waals surface area (Å²) in [6.07, 6.45) is 3.90. The van der Waals surface area contributed by atoms with Crippen molar-refractivity contribution in [3.63, 3.8) is 0 Å². The molecule has 0 heterocycles. The zero-order chi connectivity index (χ0) is 13.1. The molecule has 18 heavy (non-hydrogen) atoms. The lowest BCUT2D eigenvalue weighted by atomic mass is 9.80. The first-order chi connectivity index (χ1) is 8.61. The summed E-state index contributed by atoms with van der Waals surface area (Å²) >= 11 is 0. The molecule has 1 fully saturated rings. The molecule has 3 heteroatoms. The van der Waals surface area contributed by atoms with Crippen molar-refractivity contribution in [3.8, 4) is 0 Å². The van der Waals surface area contributed by atoms with Gasteiger partial charge in [-0.15, -0.1) is 0 Å². The molecule has 0 radical (unpaired) electrons. The minimum absolute atomic E-state index is 0.125. The Balaban J connectivity index is 1.99. The summed E-state index contributed by atoms with van der Waals surface area (Å²) in [5.74, 6) is 0.320. The first kappa shape index (κ1) is 13.1. The number of carbonyl (C=O) groups excluding carboxylic acids is 1. The topological polar surface area (TPSA) is 46.3 Å². The van der Waals surface area contributed by atoms with E-state index in [0.717, 1.165) is 31.4 Å². The summed E-state index contributed by atoms with van der Waals surface area (Å²) in [6, 6.07) is 8.49. The van der Waals surface area contributed by atoms with E-state index in [1.54, 1.807) is 4.90 Å². The average molecular weight is 246 g/mol. The second-order valence-electron chi connectivity index (χ2n) is 5.24. The van der Waals surface area contributed by atoms with Crippen LogP contribution in [0.1, 0.15) is 31.7 Å². The fraction of sp³-hybridized carbons (Fsp3) is 0.533. The van der Waals surface area contributed by atoms with Crippen molar-refractivity contribution in [1.29, 1.82) is 0 Å². The summed E-state index contributed by atoms with van der Waals surface area (Å²) in [4.78, 5) is 13.9. The van der Waals surface area contributed by atoms with E-state index < -0.39 is 0 Å². The highest BCUT2D eigenvalue weighted by Gasteiger charge is 2.34. The van der Waals surface area contributed by atoms with Crippen molar-refractivity contribution in [1.82, 2.24) is 0 Å². The Morgan fingerprint density at radius 2 is 1.94 bits per heavy atom. The zero-order valence-electron chi connectivity index (χ0n) is 11.2. The first-order valence-corrected chi connectivity index (χ1v) is 6.74. The van der Waals surface area contributed by atoms with Crippen molar-refractivity contribution >= 4 is 11.6 Å². The van der Waals surface area contributed by atoms with Crippen LogP contribution >= 0.6 is 0 Å². The number of benzene rings is 1. The average Bonchev–Trinajstić information content (AvgIpc) is 2.35. The van der Waals surface area contributed by atoms with E-state index in [9.17, 15) is 4.79 Å². The Morgan fingerprint density at radius 3 is 2.44 bits per heavy atom. The largest absolute Gasteiger partial charge is 0.328 e. The lowest BCUT2D eigenvalue weighted by molar-refractivity contribution is -0.124. The van der Waals surface area contributed by atoms with Crippen molar-refractivity contribution in [2.75, 3.05) is 11.9 Å². The molecule has 1 aliphatic carbocycles. The Morgan fingerprint density at radius 1 is 1.33 bits per heavy atom. The van der Waals surface area contributed by atoms with Crippen LogP contribution in [0.2, 0.25) is 0 Å². The van der Waals surface area contributed by atoms with Crippen LogP contribution in [0.25, 0.3) is 0 Å². The minimum Gasteiger partial charge on any atom is -0.328 e. The van der Waals surface area contributed by atoms with E-state index >= 15 is 0 Å². The van der Waals surface area contributed by atoms with E-state index in [1.807, 2.05) is 19.2 Å². The molecule has 0 spiro atoms. The van der Waals surface area contributed by atoms with E-state index in [2.05, 4.69) is 19.1 Å². The molecule has 2 N–H and O–H groups in total. The van der Waals surface area contributed by atoms with E-state index in [4.69, 9.17) is 5.73 Å². The van der Waals surface area contributed by atoms with Gasteiger partial charge in [0.25, 0.3) is 0 Å². The molecule has 0 unspecified atom stereocenters. The first-order valence-electron chi connectivity index (χ1n) is 6.74. The fourth-order valence-electron chi connectivity index (χ4n) is 2.44. The lowest BCUT2D eigenvalue weighted by Crippen LogP contribution is -2.45. The predicted octanol–water partition coefficient (Wildman–Crippen LogP) is 2.34. The SMILES string of the molecule is CCCc1ccc(N(C)C(=O)C2CC(N)C2)cc1. The normalized spacial score (nSPS) is 22.4. The van der Waals surface area contributed by atoms with Crippen LogP contribution in [0.5, 0.6) is 0 Å². The van der Waals surface area contributed by atoms with Crippen LogP contribution in [0.3, 0.4) is 0 Å². The third-order valence-electron chi connectivity index (χ3n) is 3.72. The number of rotatable bonds is 4. The molecule has 3 nitrogen and oxygen atoms in total. The highest BCUT2D eigenvalue weighted by atomic mass is 16.2. The number of nitrogens with two attached hydrogens (primary N) is 1. The molecule has 0 bridgehead atoms. The van der Waals surface area contributed by atoms with Crippen LogP contribution in [-0.4, -0.2) is 19.0 Å². The molecule has 1 saturated carbocycles. The lowest BCUT2D eigenvalue weighted by Gasteiger charge is -2.34. The van der Waals surface area contributed by atoms with Gasteiger partial charge in [-0.05, 0) is 37.0 Å². The van der Waals surface area contributed by atoms with Crippen molar-refractivity contribution in [3.05, 3.63) is 29.8 Å². The Labute approximate surface area is 109 Å². The summed E-state index contributed by atoms with van der Waals surface area (Å²) in [5, 5.41) is 0. The van der Waals surface area contributed by atoms with E-state index in [-0.39, 0.29) is 17.9 Å². The summed E-state index contributed by atoms with van der Waals surface area (Å²) in [6.45, 7) is 2.17. The second kappa shape index (κ2) is 5.53.